The topological polar surface area (TPSA) is 47.0 Å². The first kappa shape index (κ1) is 11.3. The molecule has 16 heavy (non-hydrogen) atoms. The lowest BCUT2D eigenvalue weighted by Gasteiger charge is -2.08. The van der Waals surface area contributed by atoms with Crippen LogP contribution in [0.15, 0.2) is 22.1 Å². The minimum atomic E-state index is -0.346. The zero-order valence-corrected chi connectivity index (χ0v) is 10.6. The molecule has 0 spiro atoms. The van der Waals surface area contributed by atoms with Gasteiger partial charge in [-0.1, -0.05) is 11.3 Å². The first-order chi connectivity index (χ1) is 7.69. The maximum absolute atomic E-state index is 12.9. The molecular weight excluding hydrogens is 297 g/mol. The first-order valence-electron chi connectivity index (χ1n) is 4.28. The van der Waals surface area contributed by atoms with Crippen molar-refractivity contribution in [3.63, 3.8) is 0 Å². The van der Waals surface area contributed by atoms with Crippen LogP contribution in [0, 0.1) is 5.82 Å². The van der Waals surface area contributed by atoms with Gasteiger partial charge in [0.2, 0.25) is 5.13 Å². The van der Waals surface area contributed by atoms with Gasteiger partial charge in [-0.05, 0) is 28.1 Å². The summed E-state index contributed by atoms with van der Waals surface area (Å²) in [6, 6.07) is 4.24. The van der Waals surface area contributed by atoms with Gasteiger partial charge >= 0.3 is 0 Å². The van der Waals surface area contributed by atoms with Crippen LogP contribution < -0.4 is 10.1 Å². The van der Waals surface area contributed by atoms with Crippen molar-refractivity contribution in [1.82, 2.24) is 10.2 Å². The van der Waals surface area contributed by atoms with Crippen molar-refractivity contribution >= 4 is 38.1 Å². The maximum Gasteiger partial charge on any atom is 0.211 e. The molecule has 2 rings (SSSR count). The van der Waals surface area contributed by atoms with Gasteiger partial charge in [-0.3, -0.25) is 0 Å². The molecule has 0 atom stereocenters. The summed E-state index contributed by atoms with van der Waals surface area (Å²) in [6.45, 7) is 0. The highest BCUT2D eigenvalue weighted by molar-refractivity contribution is 9.11. The summed E-state index contributed by atoms with van der Waals surface area (Å²) < 4.78 is 18.7. The lowest BCUT2D eigenvalue weighted by molar-refractivity contribution is 0.413. The van der Waals surface area contributed by atoms with Gasteiger partial charge in [-0.15, -0.1) is 10.2 Å². The molecule has 0 radical (unpaired) electrons. The minimum absolute atomic E-state index is 0.346. The maximum atomic E-state index is 12.9. The van der Waals surface area contributed by atoms with E-state index in [1.165, 1.54) is 30.6 Å². The fourth-order valence-corrected chi connectivity index (χ4v) is 2.16. The second kappa shape index (κ2) is 4.75. The SMILES string of the molecule is COc1cc(F)ccc1Nc1nnc(Br)s1. The average Bonchev–Trinajstić information content (AvgIpc) is 2.67. The number of aromatic nitrogens is 2. The fraction of sp³-hybridized carbons (Fsp3) is 0.111. The summed E-state index contributed by atoms with van der Waals surface area (Å²) in [5, 5.41) is 11.3. The molecule has 0 unspecified atom stereocenters. The zero-order chi connectivity index (χ0) is 11.5. The third-order valence-corrected chi connectivity index (χ3v) is 3.08. The Morgan fingerprint density at radius 3 is 2.88 bits per heavy atom. The summed E-state index contributed by atoms with van der Waals surface area (Å²) in [5.41, 5.74) is 0.646. The second-order valence-corrected chi connectivity index (χ2v) is 5.08. The number of methoxy groups -OCH3 is 1. The lowest BCUT2D eigenvalue weighted by Crippen LogP contribution is -1.94. The van der Waals surface area contributed by atoms with Crippen LogP contribution in [0.2, 0.25) is 0 Å². The highest BCUT2D eigenvalue weighted by Gasteiger charge is 2.07. The Morgan fingerprint density at radius 1 is 1.44 bits per heavy atom. The van der Waals surface area contributed by atoms with Gasteiger partial charge in [0, 0.05) is 6.07 Å². The van der Waals surface area contributed by atoms with E-state index >= 15 is 0 Å². The molecule has 0 saturated heterocycles. The van der Waals surface area contributed by atoms with Crippen molar-refractivity contribution in [2.45, 2.75) is 0 Å². The van der Waals surface area contributed by atoms with Gasteiger partial charge in [-0.25, -0.2) is 4.39 Å². The van der Waals surface area contributed by atoms with Crippen LogP contribution in [0.3, 0.4) is 0 Å². The number of hydrogen-bond donors (Lipinski definition) is 1. The normalized spacial score (nSPS) is 10.2. The number of nitrogens with zero attached hydrogens (tertiary/aromatic N) is 2. The number of benzene rings is 1. The predicted octanol–water partition coefficient (Wildman–Crippen LogP) is 3.19. The van der Waals surface area contributed by atoms with E-state index in [1.807, 2.05) is 0 Å². The number of hydrogen-bond acceptors (Lipinski definition) is 5. The minimum Gasteiger partial charge on any atom is -0.494 e. The van der Waals surface area contributed by atoms with Gasteiger partial charge in [0.05, 0.1) is 12.8 Å². The predicted molar refractivity (Wildman–Crippen MR) is 63.8 cm³/mol. The van der Waals surface area contributed by atoms with E-state index in [4.69, 9.17) is 4.74 Å². The van der Waals surface area contributed by atoms with Crippen LogP contribution in [0.5, 0.6) is 5.75 Å². The summed E-state index contributed by atoms with van der Waals surface area (Å²) in [4.78, 5) is 0. The van der Waals surface area contributed by atoms with E-state index < -0.39 is 0 Å². The fourth-order valence-electron chi connectivity index (χ4n) is 1.14. The number of halogens is 2. The molecule has 4 nitrogen and oxygen atoms in total. The molecule has 0 fully saturated rings. The Kier molecular flexibility index (Phi) is 3.35. The molecule has 2 aromatic rings. The number of anilines is 2. The van der Waals surface area contributed by atoms with Gasteiger partial charge in [0.15, 0.2) is 3.92 Å². The highest BCUT2D eigenvalue weighted by atomic mass is 79.9. The third kappa shape index (κ3) is 2.48. The van der Waals surface area contributed by atoms with Gasteiger partial charge < -0.3 is 10.1 Å². The molecule has 1 aromatic carbocycles. The number of ether oxygens (including phenoxy) is 1. The molecule has 0 aliphatic carbocycles. The Balaban J connectivity index is 2.27. The van der Waals surface area contributed by atoms with Crippen molar-refractivity contribution in [2.24, 2.45) is 0 Å². The summed E-state index contributed by atoms with van der Waals surface area (Å²) in [6.07, 6.45) is 0. The third-order valence-electron chi connectivity index (χ3n) is 1.81. The Morgan fingerprint density at radius 2 is 2.25 bits per heavy atom. The molecule has 0 saturated carbocycles. The van der Waals surface area contributed by atoms with Gasteiger partial charge in [0.25, 0.3) is 0 Å². The molecule has 1 heterocycles. The largest absolute Gasteiger partial charge is 0.494 e. The highest BCUT2D eigenvalue weighted by Crippen LogP contribution is 2.30. The van der Waals surface area contributed by atoms with Crippen molar-refractivity contribution in [3.8, 4) is 5.75 Å². The first-order valence-corrected chi connectivity index (χ1v) is 5.89. The van der Waals surface area contributed by atoms with E-state index in [0.29, 0.717) is 20.5 Å². The van der Waals surface area contributed by atoms with E-state index in [1.54, 1.807) is 6.07 Å². The summed E-state index contributed by atoms with van der Waals surface area (Å²) in [5.74, 6) is 0.0761. The van der Waals surface area contributed by atoms with Crippen molar-refractivity contribution in [3.05, 3.63) is 27.9 Å². The standard InChI is InChI=1S/C9H7BrFN3OS/c1-15-7-4-5(11)2-3-6(7)12-9-14-13-8(10)16-9/h2-4H,1H3,(H,12,14). The van der Waals surface area contributed by atoms with Crippen molar-refractivity contribution < 1.29 is 9.13 Å². The molecule has 0 aliphatic heterocycles. The number of nitrogens with one attached hydrogen (secondary N) is 1. The van der Waals surface area contributed by atoms with Crippen LogP contribution in [-0.4, -0.2) is 17.3 Å². The molecule has 1 aromatic heterocycles. The van der Waals surface area contributed by atoms with E-state index in [0.717, 1.165) is 0 Å². The molecule has 0 amide bonds. The average molecular weight is 304 g/mol. The van der Waals surface area contributed by atoms with Crippen LogP contribution in [0.25, 0.3) is 0 Å². The zero-order valence-electron chi connectivity index (χ0n) is 8.20. The van der Waals surface area contributed by atoms with Crippen LogP contribution in [0.1, 0.15) is 0 Å². The van der Waals surface area contributed by atoms with E-state index in [2.05, 4.69) is 31.4 Å². The molecular formula is C9H7BrFN3OS. The quantitative estimate of drug-likeness (QED) is 0.946. The molecule has 0 bridgehead atoms. The van der Waals surface area contributed by atoms with Crippen molar-refractivity contribution in [1.29, 1.82) is 0 Å². The monoisotopic (exact) mass is 303 g/mol. The smallest absolute Gasteiger partial charge is 0.211 e. The molecule has 0 aliphatic rings. The Labute approximate surface area is 104 Å². The summed E-state index contributed by atoms with van der Waals surface area (Å²) in [7, 11) is 1.48. The number of rotatable bonds is 3. The van der Waals surface area contributed by atoms with Crippen LogP contribution >= 0.6 is 27.3 Å². The Bertz CT molecular complexity index is 505. The van der Waals surface area contributed by atoms with Gasteiger partial charge in [0.1, 0.15) is 11.6 Å². The lowest BCUT2D eigenvalue weighted by atomic mass is 10.3. The Hall–Kier alpha value is -1.21. The second-order valence-electron chi connectivity index (χ2n) is 2.83. The summed E-state index contributed by atoms with van der Waals surface area (Å²) >= 11 is 4.55. The van der Waals surface area contributed by atoms with Crippen LogP contribution in [0.4, 0.5) is 15.2 Å². The molecule has 7 heteroatoms. The molecule has 84 valence electrons. The van der Waals surface area contributed by atoms with E-state index in [9.17, 15) is 4.39 Å². The molecule has 1 N–H and O–H groups in total. The van der Waals surface area contributed by atoms with Crippen molar-refractivity contribution in [2.75, 3.05) is 12.4 Å². The van der Waals surface area contributed by atoms with Gasteiger partial charge in [-0.2, -0.15) is 0 Å². The van der Waals surface area contributed by atoms with E-state index in [-0.39, 0.29) is 5.82 Å². The van der Waals surface area contributed by atoms with Crippen LogP contribution in [-0.2, 0) is 0 Å².